The second-order valence-corrected chi connectivity index (χ2v) is 8.24. The molecule has 1 aliphatic heterocycles. The van der Waals surface area contributed by atoms with Crippen molar-refractivity contribution in [1.82, 2.24) is 19.7 Å². The second-order valence-electron chi connectivity index (χ2n) is 7.42. The number of likely N-dealkylation sites (N-methyl/N-ethyl adjacent to an activating group) is 1. The molecule has 1 atom stereocenters. The number of hydrogen-bond donors (Lipinski definition) is 1. The van der Waals surface area contributed by atoms with Crippen LogP contribution < -0.4 is 10.5 Å². The Morgan fingerprint density at radius 3 is 2.77 bits per heavy atom. The topological polar surface area (TPSA) is 86.3 Å². The number of carbonyl (C=O) groups is 1. The molecule has 1 amide bonds. The first kappa shape index (κ1) is 19.8. The Morgan fingerprint density at radius 2 is 2.00 bits per heavy atom. The first-order chi connectivity index (χ1) is 14.8. The van der Waals surface area contributed by atoms with Crippen LogP contribution in [0.3, 0.4) is 0 Å². The van der Waals surface area contributed by atoms with Crippen molar-refractivity contribution in [2.24, 2.45) is 7.05 Å². The van der Waals surface area contributed by atoms with Gasteiger partial charge in [0.05, 0.1) is 33.4 Å². The lowest BCUT2D eigenvalue weighted by Crippen LogP contribution is -2.32. The van der Waals surface area contributed by atoms with E-state index < -0.39 is 17.8 Å². The summed E-state index contributed by atoms with van der Waals surface area (Å²) in [5.74, 6) is -0.392. The summed E-state index contributed by atoms with van der Waals surface area (Å²) in [6, 6.07) is 5.56. The molecule has 2 aromatic heterocycles. The van der Waals surface area contributed by atoms with Crippen LogP contribution in [0.4, 0.5) is 10.2 Å². The maximum Gasteiger partial charge on any atom is 0.257 e. The van der Waals surface area contributed by atoms with Crippen molar-refractivity contribution < 1.29 is 13.9 Å². The van der Waals surface area contributed by atoms with Crippen molar-refractivity contribution in [3.8, 4) is 5.75 Å². The standard InChI is InChI=1S/C21H16Cl2FN5O2/c1-28(17-8-31-18-5-14(23)13(22)4-11(17)18)21(30)10-3-9-12-7-26-29(2)19(12)20(25)27-16(9)6-15(10)24/h3-7,17H,8H2,1-2H3,(H2,25,27)/t17-/m1/s1. The van der Waals surface area contributed by atoms with Gasteiger partial charge in [-0.05, 0) is 12.1 Å². The fourth-order valence-electron chi connectivity index (χ4n) is 4.00. The number of aryl methyl sites for hydroxylation is 1. The molecule has 2 N–H and O–H groups in total. The van der Waals surface area contributed by atoms with Crippen molar-refractivity contribution in [1.29, 1.82) is 0 Å². The van der Waals surface area contributed by atoms with Crippen molar-refractivity contribution in [3.63, 3.8) is 0 Å². The summed E-state index contributed by atoms with van der Waals surface area (Å²) in [4.78, 5) is 19.0. The molecular formula is C21H16Cl2FN5O2. The number of aromatic nitrogens is 3. The number of rotatable bonds is 2. The van der Waals surface area contributed by atoms with Crippen LogP contribution in [0, 0.1) is 5.82 Å². The van der Waals surface area contributed by atoms with E-state index in [2.05, 4.69) is 10.1 Å². The van der Waals surface area contributed by atoms with Crippen LogP contribution in [0.1, 0.15) is 22.0 Å². The molecule has 0 fully saturated rings. The summed E-state index contributed by atoms with van der Waals surface area (Å²) in [6.45, 7) is 0.217. The molecule has 158 valence electrons. The van der Waals surface area contributed by atoms with Gasteiger partial charge in [-0.1, -0.05) is 23.2 Å². The number of nitrogens with zero attached hydrogens (tertiary/aromatic N) is 4. The molecule has 0 bridgehead atoms. The highest BCUT2D eigenvalue weighted by atomic mass is 35.5. The van der Waals surface area contributed by atoms with E-state index in [1.54, 1.807) is 37.1 Å². The number of ether oxygens (including phenoxy) is 1. The van der Waals surface area contributed by atoms with Crippen LogP contribution in [0.15, 0.2) is 30.5 Å². The number of nitrogen functional groups attached to an aromatic ring is 1. The number of halogens is 3. The van der Waals surface area contributed by atoms with Crippen LogP contribution >= 0.6 is 23.2 Å². The van der Waals surface area contributed by atoms with Gasteiger partial charge >= 0.3 is 0 Å². The van der Waals surface area contributed by atoms with Gasteiger partial charge < -0.3 is 15.4 Å². The van der Waals surface area contributed by atoms with E-state index >= 15 is 0 Å². The van der Waals surface area contributed by atoms with Crippen molar-refractivity contribution in [2.45, 2.75) is 6.04 Å². The van der Waals surface area contributed by atoms with Gasteiger partial charge in [0.2, 0.25) is 0 Å². The molecule has 7 nitrogen and oxygen atoms in total. The van der Waals surface area contributed by atoms with E-state index in [0.717, 1.165) is 5.56 Å². The maximum atomic E-state index is 14.9. The number of fused-ring (bicyclic) bond motifs is 4. The summed E-state index contributed by atoms with van der Waals surface area (Å²) in [7, 11) is 3.34. The van der Waals surface area contributed by atoms with E-state index in [1.807, 2.05) is 0 Å². The number of benzene rings is 2. The zero-order valence-electron chi connectivity index (χ0n) is 16.5. The fourth-order valence-corrected chi connectivity index (χ4v) is 4.32. The smallest absolute Gasteiger partial charge is 0.257 e. The minimum atomic E-state index is -0.687. The minimum Gasteiger partial charge on any atom is -0.491 e. The lowest BCUT2D eigenvalue weighted by atomic mass is 10.0. The highest BCUT2D eigenvalue weighted by Crippen LogP contribution is 2.41. The lowest BCUT2D eigenvalue weighted by Gasteiger charge is -2.24. The number of carbonyl (C=O) groups excluding carboxylic acids is 1. The Labute approximate surface area is 186 Å². The van der Waals surface area contributed by atoms with Crippen molar-refractivity contribution in [2.75, 3.05) is 19.4 Å². The van der Waals surface area contributed by atoms with Crippen LogP contribution in [-0.4, -0.2) is 39.2 Å². The van der Waals surface area contributed by atoms with Crippen LogP contribution in [0.2, 0.25) is 10.0 Å². The first-order valence-electron chi connectivity index (χ1n) is 9.35. The quantitative estimate of drug-likeness (QED) is 0.481. The Morgan fingerprint density at radius 1 is 1.26 bits per heavy atom. The summed E-state index contributed by atoms with van der Waals surface area (Å²) >= 11 is 12.2. The van der Waals surface area contributed by atoms with Crippen molar-refractivity contribution >= 4 is 56.7 Å². The Balaban J connectivity index is 1.59. The van der Waals surface area contributed by atoms with Crippen LogP contribution in [0.25, 0.3) is 21.8 Å². The molecule has 4 aromatic rings. The highest BCUT2D eigenvalue weighted by Gasteiger charge is 2.33. The zero-order chi connectivity index (χ0) is 22.0. The third-order valence-electron chi connectivity index (χ3n) is 5.62. The molecular weight excluding hydrogens is 444 g/mol. The molecule has 0 spiro atoms. The fraction of sp³-hybridized carbons (Fsp3) is 0.190. The first-order valence-corrected chi connectivity index (χ1v) is 10.1. The predicted molar refractivity (Wildman–Crippen MR) is 117 cm³/mol. The van der Waals surface area contributed by atoms with Gasteiger partial charge in [-0.2, -0.15) is 5.10 Å². The Bertz CT molecular complexity index is 1400. The van der Waals surface area contributed by atoms with Gasteiger partial charge in [-0.25, -0.2) is 9.37 Å². The van der Waals surface area contributed by atoms with Gasteiger partial charge in [0.25, 0.3) is 5.91 Å². The van der Waals surface area contributed by atoms with Gasteiger partial charge in [0, 0.05) is 42.6 Å². The average molecular weight is 460 g/mol. The number of hydrogen-bond acceptors (Lipinski definition) is 5. The van der Waals surface area contributed by atoms with Gasteiger partial charge in [-0.15, -0.1) is 0 Å². The largest absolute Gasteiger partial charge is 0.491 e. The molecule has 3 heterocycles. The number of anilines is 1. The molecule has 10 heteroatoms. The zero-order valence-corrected chi connectivity index (χ0v) is 18.0. The minimum absolute atomic E-state index is 0.0831. The number of pyridine rings is 1. The SMILES string of the molecule is CN(C(=O)c1cc2c(cc1F)nc(N)c1c2cnn1C)[C@@H]1COc2cc(Cl)c(Cl)cc21. The number of nitrogens with two attached hydrogens (primary N) is 1. The van der Waals surface area contributed by atoms with E-state index in [1.165, 1.54) is 17.0 Å². The molecule has 2 aromatic carbocycles. The van der Waals surface area contributed by atoms with Crippen LogP contribution in [-0.2, 0) is 7.05 Å². The van der Waals surface area contributed by atoms with E-state index in [9.17, 15) is 9.18 Å². The third kappa shape index (κ3) is 2.97. The van der Waals surface area contributed by atoms with Crippen LogP contribution in [0.5, 0.6) is 5.75 Å². The Hall–Kier alpha value is -3.10. The van der Waals surface area contributed by atoms with Gasteiger partial charge in [-0.3, -0.25) is 9.48 Å². The lowest BCUT2D eigenvalue weighted by molar-refractivity contribution is 0.0704. The monoisotopic (exact) mass is 459 g/mol. The van der Waals surface area contributed by atoms with E-state index in [-0.39, 0.29) is 18.0 Å². The Kier molecular flexibility index (Phi) is 4.46. The molecule has 5 rings (SSSR count). The second kappa shape index (κ2) is 6.96. The molecule has 1 aliphatic rings. The number of amides is 1. The summed E-state index contributed by atoms with van der Waals surface area (Å²) in [5.41, 5.74) is 7.62. The molecule has 31 heavy (non-hydrogen) atoms. The molecule has 0 aliphatic carbocycles. The van der Waals surface area contributed by atoms with Crippen molar-refractivity contribution in [3.05, 3.63) is 57.5 Å². The molecule has 0 unspecified atom stereocenters. The molecule has 0 saturated carbocycles. The molecule has 0 radical (unpaired) electrons. The third-order valence-corrected chi connectivity index (χ3v) is 6.35. The normalized spacial score (nSPS) is 15.3. The predicted octanol–water partition coefficient (Wildman–Crippen LogP) is 4.36. The average Bonchev–Trinajstić information content (AvgIpc) is 3.31. The maximum absolute atomic E-state index is 14.9. The summed E-state index contributed by atoms with van der Waals surface area (Å²) < 4.78 is 22.2. The summed E-state index contributed by atoms with van der Waals surface area (Å²) in [6.07, 6.45) is 1.62. The van der Waals surface area contributed by atoms with E-state index in [4.69, 9.17) is 33.7 Å². The summed E-state index contributed by atoms with van der Waals surface area (Å²) in [5, 5.41) is 6.21. The molecule has 0 saturated heterocycles. The highest BCUT2D eigenvalue weighted by molar-refractivity contribution is 6.42. The van der Waals surface area contributed by atoms with Gasteiger partial charge in [0.1, 0.15) is 29.5 Å². The van der Waals surface area contributed by atoms with Gasteiger partial charge in [0.15, 0.2) is 0 Å². The van der Waals surface area contributed by atoms with E-state index in [0.29, 0.717) is 37.6 Å².